The predicted octanol–water partition coefficient (Wildman–Crippen LogP) is 2.25. The summed E-state index contributed by atoms with van der Waals surface area (Å²) in [7, 11) is 0. The Morgan fingerprint density at radius 2 is 2.24 bits per heavy atom. The first-order valence-corrected chi connectivity index (χ1v) is 5.67. The molecule has 0 fully saturated rings. The van der Waals surface area contributed by atoms with Crippen molar-refractivity contribution in [3.05, 3.63) is 29.8 Å². The van der Waals surface area contributed by atoms with Crippen LogP contribution in [0.1, 0.15) is 18.9 Å². The summed E-state index contributed by atoms with van der Waals surface area (Å²) in [5.74, 6) is -0.190. The molecule has 0 radical (unpaired) electrons. The molecule has 1 N–H and O–H groups in total. The summed E-state index contributed by atoms with van der Waals surface area (Å²) in [6, 6.07) is 7.65. The van der Waals surface area contributed by atoms with Crippen LogP contribution in [0.4, 0.5) is 0 Å². The molecular weight excluding hydrogens is 220 g/mol. The van der Waals surface area contributed by atoms with Gasteiger partial charge >= 0.3 is 5.97 Å². The van der Waals surface area contributed by atoms with Crippen molar-refractivity contribution < 1.29 is 19.4 Å². The van der Waals surface area contributed by atoms with Gasteiger partial charge in [-0.2, -0.15) is 0 Å². The van der Waals surface area contributed by atoms with Gasteiger partial charge in [0.15, 0.2) is 6.10 Å². The summed E-state index contributed by atoms with van der Waals surface area (Å²) in [5, 5.41) is 8.87. The Hall–Kier alpha value is -1.55. The largest absolute Gasteiger partial charge is 0.493 e. The monoisotopic (exact) mass is 238 g/mol. The number of carboxylic acids is 1. The van der Waals surface area contributed by atoms with E-state index in [4.69, 9.17) is 14.6 Å². The zero-order valence-corrected chi connectivity index (χ0v) is 10.2. The van der Waals surface area contributed by atoms with Crippen LogP contribution >= 0.6 is 0 Å². The molecule has 1 aromatic rings. The second kappa shape index (κ2) is 6.91. The molecule has 1 aromatic carbocycles. The third-order valence-electron chi connectivity index (χ3n) is 2.28. The summed E-state index contributed by atoms with van der Waals surface area (Å²) in [6.45, 7) is 4.48. The number of aryl methyl sites for hydroxylation is 1. The molecule has 0 saturated carbocycles. The summed E-state index contributed by atoms with van der Waals surface area (Å²) < 4.78 is 10.6. The highest BCUT2D eigenvalue weighted by atomic mass is 16.5. The summed E-state index contributed by atoms with van der Waals surface area (Å²) in [4.78, 5) is 10.8. The molecule has 0 bridgehead atoms. The first-order chi connectivity index (χ1) is 8.13. The van der Waals surface area contributed by atoms with Crippen molar-refractivity contribution in [2.75, 3.05) is 13.2 Å². The Balaban J connectivity index is 2.38. The van der Waals surface area contributed by atoms with Gasteiger partial charge in [-0.1, -0.05) is 12.1 Å². The molecule has 1 atom stereocenters. The van der Waals surface area contributed by atoms with Crippen molar-refractivity contribution in [2.24, 2.45) is 0 Å². The standard InChI is InChI=1S/C13H18O4/c1-3-16-12(13(14)15)7-8-17-11-6-4-5-10(2)9-11/h4-6,9,12H,3,7-8H2,1-2H3,(H,14,15). The van der Waals surface area contributed by atoms with Gasteiger partial charge in [0, 0.05) is 13.0 Å². The van der Waals surface area contributed by atoms with E-state index in [-0.39, 0.29) is 0 Å². The second-order valence-corrected chi connectivity index (χ2v) is 3.74. The van der Waals surface area contributed by atoms with Gasteiger partial charge in [-0.25, -0.2) is 4.79 Å². The fraction of sp³-hybridized carbons (Fsp3) is 0.462. The van der Waals surface area contributed by atoms with Crippen LogP contribution in [-0.2, 0) is 9.53 Å². The van der Waals surface area contributed by atoms with Crippen LogP contribution in [0.5, 0.6) is 5.75 Å². The molecule has 4 heteroatoms. The van der Waals surface area contributed by atoms with Crippen molar-refractivity contribution in [1.82, 2.24) is 0 Å². The zero-order chi connectivity index (χ0) is 12.7. The van der Waals surface area contributed by atoms with Gasteiger partial charge in [-0.15, -0.1) is 0 Å². The third-order valence-corrected chi connectivity index (χ3v) is 2.28. The highest BCUT2D eigenvalue weighted by Gasteiger charge is 2.16. The molecule has 94 valence electrons. The Labute approximate surface area is 101 Å². The van der Waals surface area contributed by atoms with Gasteiger partial charge < -0.3 is 14.6 Å². The van der Waals surface area contributed by atoms with E-state index in [1.54, 1.807) is 6.92 Å². The predicted molar refractivity (Wildman–Crippen MR) is 64.3 cm³/mol. The van der Waals surface area contributed by atoms with E-state index in [0.717, 1.165) is 11.3 Å². The Morgan fingerprint density at radius 1 is 1.47 bits per heavy atom. The molecule has 17 heavy (non-hydrogen) atoms. The van der Waals surface area contributed by atoms with Gasteiger partial charge in [-0.3, -0.25) is 0 Å². The van der Waals surface area contributed by atoms with E-state index in [0.29, 0.717) is 19.6 Å². The number of benzene rings is 1. The second-order valence-electron chi connectivity index (χ2n) is 3.74. The average molecular weight is 238 g/mol. The van der Waals surface area contributed by atoms with Gasteiger partial charge in [0.05, 0.1) is 6.61 Å². The number of aliphatic carboxylic acids is 1. The minimum Gasteiger partial charge on any atom is -0.493 e. The van der Waals surface area contributed by atoms with E-state index in [9.17, 15) is 4.79 Å². The number of carboxylic acid groups (broad SMARTS) is 1. The molecule has 4 nitrogen and oxygen atoms in total. The SMILES string of the molecule is CCOC(CCOc1cccc(C)c1)C(=O)O. The van der Waals surface area contributed by atoms with E-state index in [1.807, 2.05) is 31.2 Å². The fourth-order valence-corrected chi connectivity index (χ4v) is 1.47. The minimum atomic E-state index is -0.945. The van der Waals surface area contributed by atoms with Crippen LogP contribution in [-0.4, -0.2) is 30.4 Å². The van der Waals surface area contributed by atoms with Crippen LogP contribution in [0.2, 0.25) is 0 Å². The summed E-state index contributed by atoms with van der Waals surface area (Å²) in [6.07, 6.45) is -0.443. The lowest BCUT2D eigenvalue weighted by atomic mass is 10.2. The van der Waals surface area contributed by atoms with E-state index < -0.39 is 12.1 Å². The van der Waals surface area contributed by atoms with E-state index in [1.165, 1.54) is 0 Å². The molecule has 0 aliphatic carbocycles. The third kappa shape index (κ3) is 4.87. The molecule has 0 saturated heterocycles. The first kappa shape index (κ1) is 13.5. The highest BCUT2D eigenvalue weighted by molar-refractivity contribution is 5.72. The quantitative estimate of drug-likeness (QED) is 0.791. The molecule has 0 aliphatic heterocycles. The summed E-state index contributed by atoms with van der Waals surface area (Å²) in [5.41, 5.74) is 1.11. The fourth-order valence-electron chi connectivity index (χ4n) is 1.47. The van der Waals surface area contributed by atoms with Crippen molar-refractivity contribution in [3.8, 4) is 5.75 Å². The van der Waals surface area contributed by atoms with Gasteiger partial charge in [0.2, 0.25) is 0 Å². The van der Waals surface area contributed by atoms with Crippen molar-refractivity contribution >= 4 is 5.97 Å². The van der Waals surface area contributed by atoms with Crippen LogP contribution in [0.25, 0.3) is 0 Å². The molecule has 0 aliphatic rings. The molecule has 0 aromatic heterocycles. The topological polar surface area (TPSA) is 55.8 Å². The van der Waals surface area contributed by atoms with Crippen molar-refractivity contribution in [1.29, 1.82) is 0 Å². The number of ether oxygens (including phenoxy) is 2. The maximum absolute atomic E-state index is 10.8. The maximum Gasteiger partial charge on any atom is 0.332 e. The lowest BCUT2D eigenvalue weighted by Gasteiger charge is -2.13. The first-order valence-electron chi connectivity index (χ1n) is 5.67. The number of hydrogen-bond donors (Lipinski definition) is 1. The highest BCUT2D eigenvalue weighted by Crippen LogP contribution is 2.13. The normalized spacial score (nSPS) is 12.1. The van der Waals surface area contributed by atoms with Crippen LogP contribution in [0.15, 0.2) is 24.3 Å². The summed E-state index contributed by atoms with van der Waals surface area (Å²) >= 11 is 0. The Morgan fingerprint density at radius 3 is 2.82 bits per heavy atom. The van der Waals surface area contributed by atoms with Crippen LogP contribution in [0.3, 0.4) is 0 Å². The van der Waals surface area contributed by atoms with Gasteiger partial charge in [0.25, 0.3) is 0 Å². The Kier molecular flexibility index (Phi) is 5.49. The maximum atomic E-state index is 10.8. The molecule has 0 amide bonds. The molecule has 1 rings (SSSR count). The minimum absolute atomic E-state index is 0.334. The van der Waals surface area contributed by atoms with E-state index in [2.05, 4.69) is 0 Å². The Bertz CT molecular complexity index is 362. The molecule has 0 heterocycles. The number of rotatable bonds is 7. The lowest BCUT2D eigenvalue weighted by molar-refractivity contribution is -0.150. The van der Waals surface area contributed by atoms with Crippen molar-refractivity contribution in [2.45, 2.75) is 26.4 Å². The lowest BCUT2D eigenvalue weighted by Crippen LogP contribution is -2.26. The zero-order valence-electron chi connectivity index (χ0n) is 10.2. The van der Waals surface area contributed by atoms with Crippen LogP contribution < -0.4 is 4.74 Å². The van der Waals surface area contributed by atoms with E-state index >= 15 is 0 Å². The van der Waals surface area contributed by atoms with Crippen LogP contribution in [0, 0.1) is 6.92 Å². The molecular formula is C13H18O4. The average Bonchev–Trinajstić information content (AvgIpc) is 2.28. The smallest absolute Gasteiger partial charge is 0.332 e. The molecule has 0 spiro atoms. The number of carbonyl (C=O) groups is 1. The van der Waals surface area contributed by atoms with Crippen molar-refractivity contribution in [3.63, 3.8) is 0 Å². The number of hydrogen-bond acceptors (Lipinski definition) is 3. The molecule has 1 unspecified atom stereocenters. The van der Waals surface area contributed by atoms with Gasteiger partial charge in [-0.05, 0) is 31.5 Å². The van der Waals surface area contributed by atoms with Gasteiger partial charge in [0.1, 0.15) is 5.75 Å².